The van der Waals surface area contributed by atoms with Gasteiger partial charge in [-0.3, -0.25) is 4.79 Å². The van der Waals surface area contributed by atoms with Crippen LogP contribution in [0.5, 0.6) is 0 Å². The van der Waals surface area contributed by atoms with E-state index in [2.05, 4.69) is 26.6 Å². The number of anilines is 1. The van der Waals surface area contributed by atoms with Crippen LogP contribution in [0.15, 0.2) is 28.7 Å². The van der Waals surface area contributed by atoms with Crippen LogP contribution in [0.25, 0.3) is 0 Å². The number of halogens is 1. The maximum Gasteiger partial charge on any atom is 0.226 e. The van der Waals surface area contributed by atoms with Gasteiger partial charge in [-0.15, -0.1) is 0 Å². The molecule has 0 atom stereocenters. The molecule has 0 unspecified atom stereocenters. The number of hydrogen-bond donors (Lipinski definition) is 2. The molecule has 5 heteroatoms. The Morgan fingerprint density at radius 3 is 2.76 bits per heavy atom. The highest BCUT2D eigenvalue weighted by molar-refractivity contribution is 9.10. The molecule has 0 radical (unpaired) electrons. The van der Waals surface area contributed by atoms with Crippen LogP contribution < -0.4 is 10.6 Å². The normalized spacial score (nSPS) is 15.5. The van der Waals surface area contributed by atoms with E-state index in [0.29, 0.717) is 11.5 Å². The van der Waals surface area contributed by atoms with Crippen LogP contribution in [-0.2, 0) is 4.79 Å². The first-order valence-electron chi connectivity index (χ1n) is 7.50. The zero-order valence-corrected chi connectivity index (χ0v) is 14.4. The number of nitrogens with one attached hydrogen (secondary N) is 2. The Balaban J connectivity index is 1.70. The monoisotopic (exact) mass is 368 g/mol. The first kappa shape index (κ1) is 16.4. The molecule has 2 N–H and O–H groups in total. The first-order valence-corrected chi connectivity index (χ1v) is 8.70. The summed E-state index contributed by atoms with van der Waals surface area (Å²) in [6.45, 7) is 0. The lowest BCUT2D eigenvalue weighted by Gasteiger charge is -2.21. The minimum absolute atomic E-state index is 0.00747. The van der Waals surface area contributed by atoms with Crippen molar-refractivity contribution in [3.63, 3.8) is 0 Å². The zero-order chi connectivity index (χ0) is 15.1. The van der Waals surface area contributed by atoms with E-state index in [-0.39, 0.29) is 5.91 Å². The maximum absolute atomic E-state index is 11.9. The van der Waals surface area contributed by atoms with Gasteiger partial charge in [0.15, 0.2) is 5.11 Å². The van der Waals surface area contributed by atoms with Crippen molar-refractivity contribution in [2.45, 2.75) is 44.9 Å². The lowest BCUT2D eigenvalue weighted by Crippen LogP contribution is -2.34. The molecule has 3 nitrogen and oxygen atoms in total. The van der Waals surface area contributed by atoms with E-state index in [1.165, 1.54) is 32.1 Å². The molecule has 1 aliphatic carbocycles. The van der Waals surface area contributed by atoms with Crippen LogP contribution in [0.2, 0.25) is 0 Å². The van der Waals surface area contributed by atoms with Crippen molar-refractivity contribution in [2.24, 2.45) is 5.92 Å². The van der Waals surface area contributed by atoms with Gasteiger partial charge in [-0.2, -0.15) is 0 Å². The molecule has 0 saturated heterocycles. The van der Waals surface area contributed by atoms with Gasteiger partial charge in [0.05, 0.1) is 0 Å². The predicted octanol–water partition coefficient (Wildman–Crippen LogP) is 4.62. The molecule has 0 aromatic heterocycles. The Labute approximate surface area is 140 Å². The van der Waals surface area contributed by atoms with Crippen LogP contribution in [0.3, 0.4) is 0 Å². The smallest absolute Gasteiger partial charge is 0.226 e. The van der Waals surface area contributed by atoms with Crippen molar-refractivity contribution < 1.29 is 4.79 Å². The van der Waals surface area contributed by atoms with Gasteiger partial charge in [0, 0.05) is 16.6 Å². The average Bonchev–Trinajstić information content (AvgIpc) is 2.46. The maximum atomic E-state index is 11.9. The largest absolute Gasteiger partial charge is 0.332 e. The Morgan fingerprint density at radius 1 is 1.29 bits per heavy atom. The van der Waals surface area contributed by atoms with Gasteiger partial charge in [-0.25, -0.2) is 0 Å². The standard InChI is InChI=1S/C16H21BrN2OS/c17-13-7-4-8-14(11-13)18-16(21)19-15(20)10-9-12-5-2-1-3-6-12/h4,7-8,11-12H,1-3,5-6,9-10H2,(H2,18,19,20,21). The predicted molar refractivity (Wildman–Crippen MR) is 94.3 cm³/mol. The summed E-state index contributed by atoms with van der Waals surface area (Å²) in [6, 6.07) is 7.68. The number of hydrogen-bond acceptors (Lipinski definition) is 2. The van der Waals surface area contributed by atoms with Crippen molar-refractivity contribution in [3.8, 4) is 0 Å². The van der Waals surface area contributed by atoms with Gasteiger partial charge in [0.2, 0.25) is 5.91 Å². The minimum Gasteiger partial charge on any atom is -0.332 e. The molecule has 114 valence electrons. The summed E-state index contributed by atoms with van der Waals surface area (Å²) in [5, 5.41) is 6.14. The third kappa shape index (κ3) is 6.14. The second kappa shape index (κ2) is 8.49. The number of amides is 1. The molecule has 0 aliphatic heterocycles. The summed E-state index contributed by atoms with van der Waals surface area (Å²) >= 11 is 8.57. The quantitative estimate of drug-likeness (QED) is 0.761. The highest BCUT2D eigenvalue weighted by Gasteiger charge is 2.15. The van der Waals surface area contributed by atoms with Crippen LogP contribution in [0.1, 0.15) is 44.9 Å². The lowest BCUT2D eigenvalue weighted by molar-refractivity contribution is -0.120. The summed E-state index contributed by atoms with van der Waals surface area (Å²) < 4.78 is 0.971. The van der Waals surface area contributed by atoms with E-state index >= 15 is 0 Å². The van der Waals surface area contributed by atoms with Crippen LogP contribution in [-0.4, -0.2) is 11.0 Å². The molecular formula is C16H21BrN2OS. The van der Waals surface area contributed by atoms with Crippen LogP contribution >= 0.6 is 28.1 Å². The molecule has 0 spiro atoms. The SMILES string of the molecule is O=C(CCC1CCCCC1)NC(=S)Nc1cccc(Br)c1. The molecular weight excluding hydrogens is 348 g/mol. The molecule has 1 fully saturated rings. The van der Waals surface area contributed by atoms with E-state index < -0.39 is 0 Å². The number of carbonyl (C=O) groups is 1. The first-order chi connectivity index (χ1) is 10.1. The summed E-state index contributed by atoms with van der Waals surface area (Å²) in [4.78, 5) is 11.9. The van der Waals surface area contributed by atoms with Crippen LogP contribution in [0.4, 0.5) is 5.69 Å². The summed E-state index contributed by atoms with van der Waals surface area (Å²) in [5.74, 6) is 0.726. The van der Waals surface area contributed by atoms with Gasteiger partial charge < -0.3 is 10.6 Å². The third-order valence-corrected chi connectivity index (χ3v) is 4.54. The average molecular weight is 369 g/mol. The minimum atomic E-state index is 0.00747. The fourth-order valence-electron chi connectivity index (χ4n) is 2.73. The Hall–Kier alpha value is -0.940. The number of thiocarbonyl (C=S) groups is 1. The van der Waals surface area contributed by atoms with Crippen molar-refractivity contribution in [1.29, 1.82) is 0 Å². The van der Waals surface area contributed by atoms with Crippen molar-refractivity contribution in [2.75, 3.05) is 5.32 Å². The highest BCUT2D eigenvalue weighted by Crippen LogP contribution is 2.27. The Morgan fingerprint density at radius 2 is 2.05 bits per heavy atom. The molecule has 1 saturated carbocycles. The topological polar surface area (TPSA) is 41.1 Å². The van der Waals surface area contributed by atoms with Crippen molar-refractivity contribution in [3.05, 3.63) is 28.7 Å². The number of rotatable bonds is 4. The molecule has 0 heterocycles. The second-order valence-electron chi connectivity index (χ2n) is 5.56. The molecule has 1 aromatic carbocycles. The molecule has 1 aliphatic rings. The summed E-state index contributed by atoms with van der Waals surface area (Å²) in [6.07, 6.45) is 8.06. The summed E-state index contributed by atoms with van der Waals surface area (Å²) in [5.41, 5.74) is 0.863. The van der Waals surface area contributed by atoms with Crippen LogP contribution in [0, 0.1) is 5.92 Å². The van der Waals surface area contributed by atoms with Gasteiger partial charge in [-0.05, 0) is 42.8 Å². The van der Waals surface area contributed by atoms with Gasteiger partial charge in [0.25, 0.3) is 0 Å². The number of carbonyl (C=O) groups excluding carboxylic acids is 1. The Bertz CT molecular complexity index is 501. The van der Waals surface area contributed by atoms with Crippen molar-refractivity contribution in [1.82, 2.24) is 5.32 Å². The van der Waals surface area contributed by atoms with Gasteiger partial charge in [0.1, 0.15) is 0 Å². The van der Waals surface area contributed by atoms with E-state index in [9.17, 15) is 4.79 Å². The van der Waals surface area contributed by atoms with E-state index in [0.717, 1.165) is 22.5 Å². The Kier molecular flexibility index (Phi) is 6.64. The van der Waals surface area contributed by atoms with Gasteiger partial charge >= 0.3 is 0 Å². The van der Waals surface area contributed by atoms with E-state index in [1.807, 2.05) is 24.3 Å². The van der Waals surface area contributed by atoms with E-state index in [4.69, 9.17) is 12.2 Å². The fraction of sp³-hybridized carbons (Fsp3) is 0.500. The number of benzene rings is 1. The highest BCUT2D eigenvalue weighted by atomic mass is 79.9. The lowest BCUT2D eigenvalue weighted by atomic mass is 9.86. The second-order valence-corrected chi connectivity index (χ2v) is 6.88. The molecule has 1 amide bonds. The van der Waals surface area contributed by atoms with E-state index in [1.54, 1.807) is 0 Å². The van der Waals surface area contributed by atoms with Gasteiger partial charge in [-0.1, -0.05) is 54.1 Å². The molecule has 21 heavy (non-hydrogen) atoms. The fourth-order valence-corrected chi connectivity index (χ4v) is 3.36. The van der Waals surface area contributed by atoms with Crippen molar-refractivity contribution >= 4 is 44.9 Å². The third-order valence-electron chi connectivity index (χ3n) is 3.84. The molecule has 0 bridgehead atoms. The molecule has 1 aromatic rings. The summed E-state index contributed by atoms with van der Waals surface area (Å²) in [7, 11) is 0. The molecule has 2 rings (SSSR count). The zero-order valence-electron chi connectivity index (χ0n) is 12.0.